The lowest BCUT2D eigenvalue weighted by Crippen LogP contribution is -2.46. The fraction of sp³-hybridized carbons (Fsp3) is 0.875. The predicted molar refractivity (Wildman–Crippen MR) is 44.1 cm³/mol. The number of rotatable bonds is 3. The Bertz CT molecular complexity index is 143. The van der Waals surface area contributed by atoms with Crippen molar-refractivity contribution < 1.29 is 4.79 Å². The highest BCUT2D eigenvalue weighted by Gasteiger charge is 2.26. The van der Waals surface area contributed by atoms with Crippen LogP contribution in [0.2, 0.25) is 0 Å². The number of likely N-dealkylation sites (N-methyl/N-ethyl adjacent to an activating group) is 1. The number of hydrogen-bond donors (Lipinski definition) is 1. The van der Waals surface area contributed by atoms with E-state index in [1.165, 1.54) is 19.3 Å². The van der Waals surface area contributed by atoms with Crippen molar-refractivity contribution in [3.63, 3.8) is 0 Å². The molecule has 0 aromatic rings. The number of amides is 1. The van der Waals surface area contributed by atoms with Crippen LogP contribution in [0.3, 0.4) is 0 Å². The van der Waals surface area contributed by atoms with Crippen molar-refractivity contribution in [1.82, 2.24) is 4.90 Å². The van der Waals surface area contributed by atoms with Crippen molar-refractivity contribution in [2.45, 2.75) is 32.2 Å². The van der Waals surface area contributed by atoms with E-state index in [9.17, 15) is 4.79 Å². The van der Waals surface area contributed by atoms with E-state index in [2.05, 4.69) is 0 Å². The van der Waals surface area contributed by atoms with E-state index in [0.29, 0.717) is 6.04 Å². The third-order valence-electron chi connectivity index (χ3n) is 2.35. The number of carbonyl (C=O) groups excluding carboxylic acids is 1. The number of nitrogens with two attached hydrogens (primary N) is 1. The molecule has 1 aliphatic carbocycles. The molecule has 1 saturated carbocycles. The van der Waals surface area contributed by atoms with Crippen LogP contribution in [0.15, 0.2) is 0 Å². The zero-order chi connectivity index (χ0) is 8.27. The standard InChI is InChI=1S/C8H16N2O/c1-2-10(8(11)6-9)7-4-3-5-7/h7H,2-6,9H2,1H3. The van der Waals surface area contributed by atoms with Crippen LogP contribution in [0.4, 0.5) is 0 Å². The quantitative estimate of drug-likeness (QED) is 0.640. The first-order chi connectivity index (χ1) is 5.29. The first-order valence-electron chi connectivity index (χ1n) is 4.29. The van der Waals surface area contributed by atoms with Gasteiger partial charge in [-0.3, -0.25) is 4.79 Å². The van der Waals surface area contributed by atoms with Crippen LogP contribution >= 0.6 is 0 Å². The van der Waals surface area contributed by atoms with Gasteiger partial charge in [-0.15, -0.1) is 0 Å². The molecule has 0 spiro atoms. The SMILES string of the molecule is CCN(C(=O)CN)C1CCC1. The molecule has 1 amide bonds. The Morgan fingerprint density at radius 1 is 1.64 bits per heavy atom. The summed E-state index contributed by atoms with van der Waals surface area (Å²) in [7, 11) is 0. The van der Waals surface area contributed by atoms with Gasteiger partial charge < -0.3 is 10.6 Å². The highest BCUT2D eigenvalue weighted by molar-refractivity contribution is 5.78. The molecule has 64 valence electrons. The molecule has 0 radical (unpaired) electrons. The van der Waals surface area contributed by atoms with Crippen LogP contribution in [0.25, 0.3) is 0 Å². The molecular formula is C8H16N2O. The van der Waals surface area contributed by atoms with Gasteiger partial charge in [0.2, 0.25) is 5.91 Å². The predicted octanol–water partition coefficient (Wildman–Crippen LogP) is 0.346. The summed E-state index contributed by atoms with van der Waals surface area (Å²) in [5.41, 5.74) is 5.27. The summed E-state index contributed by atoms with van der Waals surface area (Å²) in [6, 6.07) is 0.496. The van der Waals surface area contributed by atoms with Gasteiger partial charge in [0.1, 0.15) is 0 Å². The van der Waals surface area contributed by atoms with Gasteiger partial charge in [-0.2, -0.15) is 0 Å². The smallest absolute Gasteiger partial charge is 0.236 e. The van der Waals surface area contributed by atoms with E-state index in [0.717, 1.165) is 6.54 Å². The molecule has 3 nitrogen and oxygen atoms in total. The van der Waals surface area contributed by atoms with Crippen molar-refractivity contribution in [3.05, 3.63) is 0 Å². The monoisotopic (exact) mass is 156 g/mol. The van der Waals surface area contributed by atoms with Crippen molar-refractivity contribution in [2.24, 2.45) is 5.73 Å². The van der Waals surface area contributed by atoms with Gasteiger partial charge in [0.05, 0.1) is 6.54 Å². The molecule has 1 fully saturated rings. The number of carbonyl (C=O) groups is 1. The fourth-order valence-electron chi connectivity index (χ4n) is 1.45. The second-order valence-electron chi connectivity index (χ2n) is 2.97. The minimum Gasteiger partial charge on any atom is -0.339 e. The van der Waals surface area contributed by atoms with Crippen LogP contribution in [0.5, 0.6) is 0 Å². The second kappa shape index (κ2) is 3.72. The lowest BCUT2D eigenvalue weighted by molar-refractivity contribution is -0.133. The lowest BCUT2D eigenvalue weighted by Gasteiger charge is -2.36. The largest absolute Gasteiger partial charge is 0.339 e. The van der Waals surface area contributed by atoms with Gasteiger partial charge in [-0.25, -0.2) is 0 Å². The molecular weight excluding hydrogens is 140 g/mol. The Morgan fingerprint density at radius 2 is 2.27 bits per heavy atom. The van der Waals surface area contributed by atoms with E-state index < -0.39 is 0 Å². The van der Waals surface area contributed by atoms with E-state index in [1.54, 1.807) is 0 Å². The van der Waals surface area contributed by atoms with Crippen molar-refractivity contribution in [2.75, 3.05) is 13.1 Å². The minimum atomic E-state index is 0.0946. The molecule has 1 rings (SSSR count). The molecule has 0 unspecified atom stereocenters. The molecule has 1 aliphatic rings. The third kappa shape index (κ3) is 1.71. The van der Waals surface area contributed by atoms with Crippen LogP contribution in [0, 0.1) is 0 Å². The molecule has 0 bridgehead atoms. The molecule has 0 saturated heterocycles. The van der Waals surface area contributed by atoms with E-state index in [-0.39, 0.29) is 12.5 Å². The van der Waals surface area contributed by atoms with E-state index in [1.807, 2.05) is 11.8 Å². The lowest BCUT2D eigenvalue weighted by atomic mass is 9.91. The highest BCUT2D eigenvalue weighted by Crippen LogP contribution is 2.24. The summed E-state index contributed by atoms with van der Waals surface area (Å²) in [4.78, 5) is 13.1. The van der Waals surface area contributed by atoms with Gasteiger partial charge in [0, 0.05) is 12.6 Å². The van der Waals surface area contributed by atoms with Gasteiger partial charge in [-0.05, 0) is 26.2 Å². The number of hydrogen-bond acceptors (Lipinski definition) is 2. The summed E-state index contributed by atoms with van der Waals surface area (Å²) in [6.07, 6.45) is 3.60. The number of nitrogens with zero attached hydrogens (tertiary/aromatic N) is 1. The van der Waals surface area contributed by atoms with Crippen molar-refractivity contribution in [3.8, 4) is 0 Å². The Morgan fingerprint density at radius 3 is 2.55 bits per heavy atom. The Hall–Kier alpha value is -0.570. The topological polar surface area (TPSA) is 46.3 Å². The van der Waals surface area contributed by atoms with Gasteiger partial charge >= 0.3 is 0 Å². The first kappa shape index (κ1) is 8.53. The highest BCUT2D eigenvalue weighted by atomic mass is 16.2. The molecule has 2 N–H and O–H groups in total. The summed E-state index contributed by atoms with van der Waals surface area (Å²) in [6.45, 7) is 2.97. The normalized spacial score (nSPS) is 17.6. The Balaban J connectivity index is 2.40. The van der Waals surface area contributed by atoms with Gasteiger partial charge in [-0.1, -0.05) is 0 Å². The van der Waals surface area contributed by atoms with Crippen LogP contribution in [-0.4, -0.2) is 29.9 Å². The fourth-order valence-corrected chi connectivity index (χ4v) is 1.45. The molecule has 0 aromatic carbocycles. The van der Waals surface area contributed by atoms with Crippen LogP contribution in [-0.2, 0) is 4.79 Å². The molecule has 0 aliphatic heterocycles. The van der Waals surface area contributed by atoms with E-state index >= 15 is 0 Å². The second-order valence-corrected chi connectivity index (χ2v) is 2.97. The minimum absolute atomic E-state index is 0.0946. The Labute approximate surface area is 67.5 Å². The molecule has 0 heterocycles. The molecule has 0 aromatic heterocycles. The first-order valence-corrected chi connectivity index (χ1v) is 4.29. The zero-order valence-electron chi connectivity index (χ0n) is 7.05. The summed E-state index contributed by atoms with van der Waals surface area (Å²) >= 11 is 0. The third-order valence-corrected chi connectivity index (χ3v) is 2.35. The maximum Gasteiger partial charge on any atom is 0.236 e. The summed E-state index contributed by atoms with van der Waals surface area (Å²) < 4.78 is 0. The zero-order valence-corrected chi connectivity index (χ0v) is 7.05. The molecule has 3 heteroatoms. The van der Waals surface area contributed by atoms with Crippen LogP contribution < -0.4 is 5.73 Å². The van der Waals surface area contributed by atoms with Gasteiger partial charge in [0.25, 0.3) is 0 Å². The maximum absolute atomic E-state index is 11.2. The summed E-state index contributed by atoms with van der Waals surface area (Å²) in [5, 5.41) is 0. The average molecular weight is 156 g/mol. The maximum atomic E-state index is 11.2. The average Bonchev–Trinajstić information content (AvgIpc) is 1.94. The van der Waals surface area contributed by atoms with Crippen LogP contribution in [0.1, 0.15) is 26.2 Å². The summed E-state index contributed by atoms with van der Waals surface area (Å²) in [5.74, 6) is 0.0946. The van der Waals surface area contributed by atoms with E-state index in [4.69, 9.17) is 5.73 Å². The Kier molecular flexibility index (Phi) is 2.88. The van der Waals surface area contributed by atoms with Crippen molar-refractivity contribution in [1.29, 1.82) is 0 Å². The molecule has 0 atom stereocenters. The van der Waals surface area contributed by atoms with Gasteiger partial charge in [0.15, 0.2) is 0 Å². The molecule has 11 heavy (non-hydrogen) atoms. The van der Waals surface area contributed by atoms with Crippen molar-refractivity contribution >= 4 is 5.91 Å².